The number of aromatic nitrogens is 2. The number of fused-ring (bicyclic) bond motifs is 1. The highest BCUT2D eigenvalue weighted by Gasteiger charge is 2.21. The van der Waals surface area contributed by atoms with E-state index >= 15 is 0 Å². The summed E-state index contributed by atoms with van der Waals surface area (Å²) in [5, 5.41) is 5.76. The van der Waals surface area contributed by atoms with Crippen LogP contribution in [0.4, 0.5) is 4.39 Å². The van der Waals surface area contributed by atoms with Crippen molar-refractivity contribution in [1.82, 2.24) is 19.6 Å². The first kappa shape index (κ1) is 18.3. The molecule has 0 aliphatic carbocycles. The highest BCUT2D eigenvalue weighted by molar-refractivity contribution is 5.80. The molecule has 3 aromatic rings. The highest BCUT2D eigenvalue weighted by Crippen LogP contribution is 2.10. The number of rotatable bonds is 4. The van der Waals surface area contributed by atoms with Crippen LogP contribution in [0.1, 0.15) is 5.56 Å². The molecule has 6 nitrogen and oxygen atoms in total. The van der Waals surface area contributed by atoms with Gasteiger partial charge >= 0.3 is 0 Å². The Morgan fingerprint density at radius 2 is 1.71 bits per heavy atom. The van der Waals surface area contributed by atoms with E-state index in [9.17, 15) is 14.0 Å². The second kappa shape index (κ2) is 7.90. The summed E-state index contributed by atoms with van der Waals surface area (Å²) >= 11 is 0. The van der Waals surface area contributed by atoms with E-state index in [2.05, 4.69) is 10.00 Å². The van der Waals surface area contributed by atoms with Crippen molar-refractivity contribution < 1.29 is 9.18 Å². The number of halogens is 1. The van der Waals surface area contributed by atoms with E-state index in [1.54, 1.807) is 18.3 Å². The van der Waals surface area contributed by atoms with Gasteiger partial charge in [-0.2, -0.15) is 5.10 Å². The number of hydrogen-bond acceptors (Lipinski definition) is 4. The first-order valence-electron chi connectivity index (χ1n) is 9.29. The van der Waals surface area contributed by atoms with Crippen LogP contribution >= 0.6 is 0 Å². The maximum absolute atomic E-state index is 13.0. The Balaban J connectivity index is 1.35. The number of amides is 1. The Hall–Kier alpha value is -3.06. The van der Waals surface area contributed by atoms with E-state index in [-0.39, 0.29) is 23.7 Å². The van der Waals surface area contributed by atoms with Crippen molar-refractivity contribution in [2.24, 2.45) is 0 Å². The van der Waals surface area contributed by atoms with Crippen molar-refractivity contribution >= 4 is 16.7 Å². The lowest BCUT2D eigenvalue weighted by molar-refractivity contribution is -0.132. The summed E-state index contributed by atoms with van der Waals surface area (Å²) < 4.78 is 14.5. The van der Waals surface area contributed by atoms with Crippen LogP contribution in [-0.2, 0) is 17.9 Å². The van der Waals surface area contributed by atoms with Crippen LogP contribution in [-0.4, -0.2) is 51.7 Å². The molecular weight excluding hydrogens is 359 g/mol. The van der Waals surface area contributed by atoms with Crippen molar-refractivity contribution in [3.63, 3.8) is 0 Å². The summed E-state index contributed by atoms with van der Waals surface area (Å²) in [6.07, 6.45) is 1.98. The van der Waals surface area contributed by atoms with Gasteiger partial charge in [-0.3, -0.25) is 14.5 Å². The van der Waals surface area contributed by atoms with Gasteiger partial charge in [-0.1, -0.05) is 30.3 Å². The summed E-state index contributed by atoms with van der Waals surface area (Å²) in [5.41, 5.74) is 0.702. The molecule has 4 rings (SSSR count). The third-order valence-corrected chi connectivity index (χ3v) is 5.09. The fourth-order valence-corrected chi connectivity index (χ4v) is 3.45. The lowest BCUT2D eigenvalue weighted by atomic mass is 10.1. The molecule has 0 bridgehead atoms. The zero-order valence-electron chi connectivity index (χ0n) is 15.4. The predicted molar refractivity (Wildman–Crippen MR) is 104 cm³/mol. The van der Waals surface area contributed by atoms with E-state index in [1.165, 1.54) is 16.8 Å². The van der Waals surface area contributed by atoms with E-state index in [0.717, 1.165) is 10.9 Å². The third kappa shape index (κ3) is 3.94. The molecule has 28 heavy (non-hydrogen) atoms. The van der Waals surface area contributed by atoms with Crippen molar-refractivity contribution in [3.05, 3.63) is 76.5 Å². The SMILES string of the molecule is O=C(Cc1ccc(F)cc1)N1CCN(Cn2ncc3ccccc3c2=O)CC1. The van der Waals surface area contributed by atoms with Gasteiger partial charge in [0.25, 0.3) is 5.56 Å². The molecule has 1 fully saturated rings. The smallest absolute Gasteiger partial charge is 0.275 e. The minimum absolute atomic E-state index is 0.0345. The number of nitrogens with zero attached hydrogens (tertiary/aromatic N) is 4. The molecule has 0 atom stereocenters. The number of hydrogen-bond donors (Lipinski definition) is 0. The normalized spacial score (nSPS) is 15.1. The van der Waals surface area contributed by atoms with Crippen LogP contribution in [0.3, 0.4) is 0 Å². The van der Waals surface area contributed by atoms with Crippen LogP contribution in [0.25, 0.3) is 10.8 Å². The minimum Gasteiger partial charge on any atom is -0.340 e. The largest absolute Gasteiger partial charge is 0.340 e. The Bertz CT molecular complexity index is 1040. The van der Waals surface area contributed by atoms with Gasteiger partial charge in [0.2, 0.25) is 5.91 Å². The fourth-order valence-electron chi connectivity index (χ4n) is 3.45. The van der Waals surface area contributed by atoms with Crippen LogP contribution in [0.2, 0.25) is 0 Å². The maximum atomic E-state index is 13.0. The van der Waals surface area contributed by atoms with Crippen LogP contribution in [0, 0.1) is 5.82 Å². The molecule has 1 aliphatic heterocycles. The molecule has 0 radical (unpaired) electrons. The van der Waals surface area contributed by atoms with Crippen LogP contribution in [0.15, 0.2) is 59.5 Å². The van der Waals surface area contributed by atoms with Gasteiger partial charge in [-0.25, -0.2) is 9.07 Å². The summed E-state index contributed by atoms with van der Waals surface area (Å²) in [7, 11) is 0. The van der Waals surface area contributed by atoms with Gasteiger partial charge in [0.05, 0.1) is 24.7 Å². The highest BCUT2D eigenvalue weighted by atomic mass is 19.1. The van der Waals surface area contributed by atoms with Crippen molar-refractivity contribution in [2.45, 2.75) is 13.1 Å². The third-order valence-electron chi connectivity index (χ3n) is 5.09. The van der Waals surface area contributed by atoms with Gasteiger partial charge in [-0.15, -0.1) is 0 Å². The summed E-state index contributed by atoms with van der Waals surface area (Å²) in [4.78, 5) is 29.0. The molecule has 0 spiro atoms. The number of carbonyl (C=O) groups excluding carboxylic acids is 1. The monoisotopic (exact) mass is 380 g/mol. The Labute approximate surface area is 161 Å². The first-order chi connectivity index (χ1) is 13.6. The number of piperazine rings is 1. The average molecular weight is 380 g/mol. The Kier molecular flexibility index (Phi) is 5.16. The molecule has 0 unspecified atom stereocenters. The molecule has 1 aromatic heterocycles. The van der Waals surface area contributed by atoms with Gasteiger partial charge < -0.3 is 4.90 Å². The van der Waals surface area contributed by atoms with Crippen molar-refractivity contribution in [2.75, 3.05) is 26.2 Å². The van der Waals surface area contributed by atoms with Gasteiger partial charge in [0, 0.05) is 31.6 Å². The Morgan fingerprint density at radius 1 is 1.00 bits per heavy atom. The summed E-state index contributed by atoms with van der Waals surface area (Å²) in [6.45, 7) is 2.96. The van der Waals surface area contributed by atoms with Crippen molar-refractivity contribution in [1.29, 1.82) is 0 Å². The molecule has 2 aromatic carbocycles. The number of benzene rings is 2. The molecule has 7 heteroatoms. The lowest BCUT2D eigenvalue weighted by Crippen LogP contribution is -2.50. The van der Waals surface area contributed by atoms with Gasteiger partial charge in [-0.05, 0) is 23.8 Å². The molecule has 0 saturated carbocycles. The van der Waals surface area contributed by atoms with Crippen LogP contribution in [0.5, 0.6) is 0 Å². The minimum atomic E-state index is -0.303. The summed E-state index contributed by atoms with van der Waals surface area (Å²) in [5.74, 6) is -0.269. The van der Waals surface area contributed by atoms with Crippen LogP contribution < -0.4 is 5.56 Å². The fraction of sp³-hybridized carbons (Fsp3) is 0.286. The molecule has 1 amide bonds. The van der Waals surface area contributed by atoms with E-state index in [0.29, 0.717) is 38.2 Å². The molecule has 144 valence electrons. The molecule has 2 heterocycles. The van der Waals surface area contributed by atoms with E-state index in [1.807, 2.05) is 29.2 Å². The van der Waals surface area contributed by atoms with Gasteiger partial charge in [0.15, 0.2) is 0 Å². The standard InChI is InChI=1S/C21H21FN4O2/c22-18-7-5-16(6-8-18)13-20(27)25-11-9-24(10-12-25)15-26-21(28)19-4-2-1-3-17(19)14-23-26/h1-8,14H,9-13,15H2. The molecule has 1 saturated heterocycles. The molecule has 1 aliphatic rings. The second-order valence-corrected chi connectivity index (χ2v) is 6.98. The maximum Gasteiger partial charge on any atom is 0.275 e. The van der Waals surface area contributed by atoms with E-state index in [4.69, 9.17) is 0 Å². The second-order valence-electron chi connectivity index (χ2n) is 6.98. The topological polar surface area (TPSA) is 58.4 Å². The Morgan fingerprint density at radius 3 is 2.46 bits per heavy atom. The molecular formula is C21H21FN4O2. The first-order valence-corrected chi connectivity index (χ1v) is 9.29. The van der Waals surface area contributed by atoms with Crippen molar-refractivity contribution in [3.8, 4) is 0 Å². The predicted octanol–water partition coefficient (Wildman–Crippen LogP) is 1.88. The van der Waals surface area contributed by atoms with Gasteiger partial charge in [0.1, 0.15) is 5.82 Å². The zero-order chi connectivity index (χ0) is 19.5. The number of carbonyl (C=O) groups is 1. The zero-order valence-corrected chi connectivity index (χ0v) is 15.4. The average Bonchev–Trinajstić information content (AvgIpc) is 2.72. The lowest BCUT2D eigenvalue weighted by Gasteiger charge is -2.34. The molecule has 0 N–H and O–H groups in total. The van der Waals surface area contributed by atoms with E-state index < -0.39 is 0 Å². The quantitative estimate of drug-likeness (QED) is 0.694. The summed E-state index contributed by atoms with van der Waals surface area (Å²) in [6, 6.07) is 13.4.